The molecular formula is C12H14N2O3S. The van der Waals surface area contributed by atoms with E-state index in [2.05, 4.69) is 9.98 Å². The predicted molar refractivity (Wildman–Crippen MR) is 70.0 cm³/mol. The van der Waals surface area contributed by atoms with Crippen LogP contribution in [0.15, 0.2) is 11.2 Å². The number of aliphatic imine (C=N–C) groups is 1. The maximum Gasteiger partial charge on any atom is 0.213 e. The molecule has 1 aromatic rings. The molecule has 1 aliphatic rings. The fourth-order valence-corrected chi connectivity index (χ4v) is 2.70. The van der Waals surface area contributed by atoms with Gasteiger partial charge in [-0.25, -0.2) is 0 Å². The molecule has 2 N–H and O–H groups in total. The summed E-state index contributed by atoms with van der Waals surface area (Å²) in [5.41, 5.74) is 1.62. The second-order valence-corrected chi connectivity index (χ2v) is 5.13. The number of thioether (sulfide) groups is 1. The van der Waals surface area contributed by atoms with Crippen LogP contribution in [0.1, 0.15) is 23.2 Å². The van der Waals surface area contributed by atoms with E-state index in [9.17, 15) is 15.0 Å². The minimum Gasteiger partial charge on any atom is -0.506 e. The molecule has 5 nitrogen and oxygen atoms in total. The van der Waals surface area contributed by atoms with Crippen molar-refractivity contribution < 1.29 is 15.0 Å². The first-order chi connectivity index (χ1) is 8.63. The summed E-state index contributed by atoms with van der Waals surface area (Å²) >= 11 is 1.28. The molecule has 2 rings (SSSR count). The summed E-state index contributed by atoms with van der Waals surface area (Å²) in [6.45, 7) is 1.53. The van der Waals surface area contributed by atoms with Gasteiger partial charge in [0.1, 0.15) is 11.8 Å². The molecule has 0 spiro atoms. The van der Waals surface area contributed by atoms with Gasteiger partial charge in [0, 0.05) is 28.8 Å². The van der Waals surface area contributed by atoms with Crippen LogP contribution in [-0.2, 0) is 11.4 Å². The highest BCUT2D eigenvalue weighted by Crippen LogP contribution is 2.24. The molecule has 0 saturated carbocycles. The molecule has 1 aliphatic heterocycles. The molecule has 18 heavy (non-hydrogen) atoms. The molecule has 0 amide bonds. The molecule has 0 aliphatic carbocycles. The van der Waals surface area contributed by atoms with Crippen molar-refractivity contribution in [3.8, 4) is 5.75 Å². The summed E-state index contributed by atoms with van der Waals surface area (Å²) in [4.78, 5) is 19.6. The Hall–Kier alpha value is -1.40. The normalized spacial score (nSPS) is 19.9. The van der Waals surface area contributed by atoms with E-state index in [1.807, 2.05) is 0 Å². The molecule has 1 atom stereocenters. The number of carbonyl (C=O) groups is 1. The van der Waals surface area contributed by atoms with Crippen LogP contribution in [0.2, 0.25) is 0 Å². The summed E-state index contributed by atoms with van der Waals surface area (Å²) < 4.78 is 0. The average molecular weight is 266 g/mol. The van der Waals surface area contributed by atoms with Crippen molar-refractivity contribution in [2.24, 2.45) is 4.99 Å². The van der Waals surface area contributed by atoms with Gasteiger partial charge in [-0.05, 0) is 13.3 Å². The molecule has 0 aromatic carbocycles. The van der Waals surface area contributed by atoms with Crippen LogP contribution < -0.4 is 0 Å². The number of aliphatic hydroxyl groups is 1. The van der Waals surface area contributed by atoms with Gasteiger partial charge in [0.25, 0.3) is 0 Å². The van der Waals surface area contributed by atoms with Crippen LogP contribution in [0.3, 0.4) is 0 Å². The van der Waals surface area contributed by atoms with Gasteiger partial charge < -0.3 is 10.2 Å². The highest BCUT2D eigenvalue weighted by atomic mass is 32.2. The fourth-order valence-electron chi connectivity index (χ4n) is 1.78. The maximum absolute atomic E-state index is 11.4. The van der Waals surface area contributed by atoms with Gasteiger partial charge in [-0.15, -0.1) is 0 Å². The Kier molecular flexibility index (Phi) is 3.98. The Labute approximate surface area is 109 Å². The number of hydrogen-bond acceptors (Lipinski definition) is 6. The number of hydrogen-bond donors (Lipinski definition) is 2. The molecule has 1 fully saturated rings. The molecule has 0 bridgehead atoms. The lowest BCUT2D eigenvalue weighted by atomic mass is 10.1. The third-order valence-electron chi connectivity index (χ3n) is 2.87. The molecule has 0 radical (unpaired) electrons. The van der Waals surface area contributed by atoms with E-state index >= 15 is 0 Å². The first-order valence-electron chi connectivity index (χ1n) is 5.61. The van der Waals surface area contributed by atoms with Gasteiger partial charge in [-0.1, -0.05) is 11.8 Å². The number of aromatic nitrogens is 1. The van der Waals surface area contributed by atoms with E-state index in [0.29, 0.717) is 16.8 Å². The summed E-state index contributed by atoms with van der Waals surface area (Å²) in [6, 6.07) is -0.339. The minimum atomic E-state index is -0.339. The Morgan fingerprint density at radius 3 is 3.06 bits per heavy atom. The van der Waals surface area contributed by atoms with Crippen LogP contribution in [0, 0.1) is 6.92 Å². The minimum absolute atomic E-state index is 0.0356. The molecule has 96 valence electrons. The van der Waals surface area contributed by atoms with E-state index in [-0.39, 0.29) is 23.5 Å². The number of nitrogens with zero attached hydrogens (tertiary/aromatic N) is 2. The predicted octanol–water partition coefficient (Wildman–Crippen LogP) is 1.04. The third kappa shape index (κ3) is 2.54. The first-order valence-corrected chi connectivity index (χ1v) is 6.60. The Balaban J connectivity index is 2.30. The number of carbonyl (C=O) groups excluding carboxylic acids is 1. The van der Waals surface area contributed by atoms with E-state index in [4.69, 9.17) is 0 Å². The Morgan fingerprint density at radius 1 is 1.67 bits per heavy atom. The molecule has 1 aromatic heterocycles. The van der Waals surface area contributed by atoms with Gasteiger partial charge in [0.05, 0.1) is 12.8 Å². The van der Waals surface area contributed by atoms with E-state index in [1.54, 1.807) is 6.92 Å². The summed E-state index contributed by atoms with van der Waals surface area (Å²) in [6.07, 6.45) is 3.50. The molecule has 6 heteroatoms. The Bertz CT molecular complexity index is 502. The van der Waals surface area contributed by atoms with Crippen molar-refractivity contribution >= 4 is 23.1 Å². The number of rotatable bonds is 3. The van der Waals surface area contributed by atoms with Gasteiger partial charge in [-0.3, -0.25) is 14.8 Å². The van der Waals surface area contributed by atoms with E-state index in [1.165, 1.54) is 24.2 Å². The maximum atomic E-state index is 11.4. The highest BCUT2D eigenvalue weighted by Gasteiger charge is 2.24. The number of aromatic hydroxyl groups is 1. The van der Waals surface area contributed by atoms with Crippen molar-refractivity contribution in [2.45, 2.75) is 26.0 Å². The topological polar surface area (TPSA) is 82.8 Å². The third-order valence-corrected chi connectivity index (χ3v) is 3.86. The molecule has 1 saturated heterocycles. The first kappa shape index (κ1) is 13.0. The summed E-state index contributed by atoms with van der Waals surface area (Å²) in [7, 11) is 0. The zero-order valence-electron chi connectivity index (χ0n) is 9.96. The molecular weight excluding hydrogens is 252 g/mol. The molecule has 1 unspecified atom stereocenters. The van der Waals surface area contributed by atoms with Crippen LogP contribution in [-0.4, -0.2) is 38.3 Å². The monoisotopic (exact) mass is 266 g/mol. The van der Waals surface area contributed by atoms with E-state index in [0.717, 1.165) is 12.2 Å². The zero-order chi connectivity index (χ0) is 13.1. The fraction of sp³-hybridized carbons (Fsp3) is 0.417. The van der Waals surface area contributed by atoms with Crippen LogP contribution in [0.4, 0.5) is 0 Å². The largest absolute Gasteiger partial charge is 0.506 e. The van der Waals surface area contributed by atoms with Crippen LogP contribution >= 0.6 is 11.8 Å². The van der Waals surface area contributed by atoms with E-state index < -0.39 is 0 Å². The second-order valence-electron chi connectivity index (χ2n) is 4.03. The lowest BCUT2D eigenvalue weighted by Gasteiger charge is -2.08. The smallest absolute Gasteiger partial charge is 0.213 e. The van der Waals surface area contributed by atoms with Crippen molar-refractivity contribution in [3.63, 3.8) is 0 Å². The quantitative estimate of drug-likeness (QED) is 0.799. The van der Waals surface area contributed by atoms with Crippen molar-refractivity contribution in [3.05, 3.63) is 23.0 Å². The van der Waals surface area contributed by atoms with Gasteiger partial charge in [0.15, 0.2) is 0 Å². The van der Waals surface area contributed by atoms with Crippen LogP contribution in [0.25, 0.3) is 0 Å². The summed E-state index contributed by atoms with van der Waals surface area (Å²) in [5.74, 6) is 0.751. The zero-order valence-corrected chi connectivity index (χ0v) is 10.8. The van der Waals surface area contributed by atoms with Crippen molar-refractivity contribution in [1.82, 2.24) is 4.98 Å². The van der Waals surface area contributed by atoms with Gasteiger partial charge in [-0.2, -0.15) is 0 Å². The second kappa shape index (κ2) is 5.49. The SMILES string of the molecule is Cc1ncc(O)c(C=NC2CCSC2=O)c1CO. The van der Waals surface area contributed by atoms with Crippen molar-refractivity contribution in [2.75, 3.05) is 5.75 Å². The van der Waals surface area contributed by atoms with Gasteiger partial charge in [0.2, 0.25) is 5.12 Å². The standard InChI is InChI=1S/C12H14N2O3S/c1-7-9(6-15)8(11(16)5-13-7)4-14-10-2-3-18-12(10)17/h4-5,10,15-16H,2-3,6H2,1H3. The van der Waals surface area contributed by atoms with Crippen LogP contribution in [0.5, 0.6) is 5.75 Å². The average Bonchev–Trinajstić information content (AvgIpc) is 2.76. The number of aliphatic hydroxyl groups excluding tert-OH is 1. The number of aryl methyl sites for hydroxylation is 1. The van der Waals surface area contributed by atoms with Crippen molar-refractivity contribution in [1.29, 1.82) is 0 Å². The Morgan fingerprint density at radius 2 is 2.44 bits per heavy atom. The lowest BCUT2D eigenvalue weighted by Crippen LogP contribution is -2.09. The molecule has 2 heterocycles. The van der Waals surface area contributed by atoms with Gasteiger partial charge >= 0.3 is 0 Å². The number of pyridine rings is 1. The summed E-state index contributed by atoms with van der Waals surface area (Å²) in [5, 5.41) is 19.1. The lowest BCUT2D eigenvalue weighted by molar-refractivity contribution is -0.111. The highest BCUT2D eigenvalue weighted by molar-refractivity contribution is 8.14.